The van der Waals surface area contributed by atoms with Gasteiger partial charge in [-0.25, -0.2) is 4.39 Å². The molecular weight excluding hydrogens is 131 g/mol. The van der Waals surface area contributed by atoms with Gasteiger partial charge < -0.3 is 11.9 Å². The molecule has 0 radical (unpaired) electrons. The topological polar surface area (TPSA) is 61.0 Å². The molecule has 0 rings (SSSR count). The van der Waals surface area contributed by atoms with Gasteiger partial charge in [0.25, 0.3) is 0 Å². The largest absolute Gasteiger partial charge is 0.344 e. The second-order valence-electron chi connectivity index (χ2n) is 1.24. The van der Waals surface area contributed by atoms with Gasteiger partial charge in [-0.1, -0.05) is 6.92 Å². The van der Waals surface area contributed by atoms with E-state index in [-0.39, 0.29) is 25.1 Å². The normalized spacial score (nSPS) is 10.9. The van der Waals surface area contributed by atoms with E-state index in [0.717, 1.165) is 0 Å². The Hall–Kier alpha value is 0.140. The number of nitrogens with two attached hydrogens (primary N) is 1. The van der Waals surface area contributed by atoms with Crippen LogP contribution >= 0.6 is 12.4 Å². The Kier molecular flexibility index (Phi) is 20.0. The third-order valence-electron chi connectivity index (χ3n) is 0.699. The minimum atomic E-state index is -0.787. The van der Waals surface area contributed by atoms with Crippen molar-refractivity contribution in [1.29, 1.82) is 0 Å². The lowest BCUT2D eigenvalue weighted by atomic mass is 10.3. The van der Waals surface area contributed by atoms with Crippen molar-refractivity contribution < 1.29 is 4.39 Å². The van der Waals surface area contributed by atoms with E-state index < -0.39 is 6.17 Å². The molecule has 0 aromatic heterocycles. The minimum Gasteiger partial charge on any atom is -0.344 e. The monoisotopic (exact) mass is 144 g/mol. The van der Waals surface area contributed by atoms with Crippen LogP contribution in [0.3, 0.4) is 0 Å². The molecule has 0 aromatic carbocycles. The van der Waals surface area contributed by atoms with Crippen molar-refractivity contribution in [3.63, 3.8) is 0 Å². The Labute approximate surface area is 55.6 Å². The van der Waals surface area contributed by atoms with Gasteiger partial charge in [-0.15, -0.1) is 12.4 Å². The van der Waals surface area contributed by atoms with Crippen molar-refractivity contribution in [2.45, 2.75) is 19.5 Å². The first kappa shape index (κ1) is 15.7. The fourth-order valence-corrected chi connectivity index (χ4v) is 0.167. The zero-order valence-electron chi connectivity index (χ0n) is 5.06. The lowest BCUT2D eigenvalue weighted by Crippen LogP contribution is -2.13. The Balaban J connectivity index is -0.000000125. The van der Waals surface area contributed by atoms with E-state index in [4.69, 9.17) is 5.73 Å². The van der Waals surface area contributed by atoms with Crippen LogP contribution in [0.4, 0.5) is 4.39 Å². The number of hydrogen-bond acceptors (Lipinski definition) is 2. The summed E-state index contributed by atoms with van der Waals surface area (Å²) < 4.78 is 11.7. The highest BCUT2D eigenvalue weighted by Gasteiger charge is 1.94. The number of hydrogen-bond donors (Lipinski definition) is 2. The molecule has 0 aliphatic heterocycles. The number of halogens is 2. The third-order valence-corrected chi connectivity index (χ3v) is 0.699. The molecular formula is C4H14ClFN2. The zero-order chi connectivity index (χ0) is 4.99. The van der Waals surface area contributed by atoms with Crippen LogP contribution in [0.2, 0.25) is 0 Å². The van der Waals surface area contributed by atoms with Crippen LogP contribution in [0.1, 0.15) is 13.3 Å². The van der Waals surface area contributed by atoms with Crippen LogP contribution < -0.4 is 11.9 Å². The summed E-state index contributed by atoms with van der Waals surface area (Å²) in [6.45, 7) is 1.94. The Morgan fingerprint density at radius 3 is 2.00 bits per heavy atom. The van der Waals surface area contributed by atoms with E-state index in [2.05, 4.69) is 0 Å². The average Bonchev–Trinajstić information content (AvgIpc) is 1.65. The maximum Gasteiger partial charge on any atom is 0.112 e. The van der Waals surface area contributed by atoms with Crippen molar-refractivity contribution in [3.05, 3.63) is 0 Å². The van der Waals surface area contributed by atoms with Crippen molar-refractivity contribution in [3.8, 4) is 0 Å². The number of rotatable bonds is 2. The first-order valence-electron chi connectivity index (χ1n) is 2.15. The molecule has 0 saturated heterocycles. The smallest absolute Gasteiger partial charge is 0.112 e. The van der Waals surface area contributed by atoms with Gasteiger partial charge in [-0.3, -0.25) is 0 Å². The summed E-state index contributed by atoms with van der Waals surface area (Å²) in [5, 5.41) is 0. The van der Waals surface area contributed by atoms with Gasteiger partial charge in [-0.2, -0.15) is 0 Å². The van der Waals surface area contributed by atoms with Crippen LogP contribution in [0, 0.1) is 0 Å². The van der Waals surface area contributed by atoms with E-state index in [0.29, 0.717) is 6.42 Å². The third kappa shape index (κ3) is 9.46. The fourth-order valence-electron chi connectivity index (χ4n) is 0.167. The molecule has 54 valence electrons. The summed E-state index contributed by atoms with van der Waals surface area (Å²) in [6, 6.07) is 0. The lowest BCUT2D eigenvalue weighted by molar-refractivity contribution is 0.333. The molecule has 0 aromatic rings. The molecule has 0 fully saturated rings. The predicted molar refractivity (Wildman–Crippen MR) is 36.5 cm³/mol. The van der Waals surface area contributed by atoms with Crippen molar-refractivity contribution >= 4 is 12.4 Å². The molecule has 0 saturated carbocycles. The molecule has 0 amide bonds. The fraction of sp³-hybridized carbons (Fsp3) is 1.00. The number of alkyl halides is 1. The first-order chi connectivity index (χ1) is 2.81. The summed E-state index contributed by atoms with van der Waals surface area (Å²) in [5.74, 6) is 0. The molecule has 0 aliphatic rings. The summed E-state index contributed by atoms with van der Waals surface area (Å²) in [7, 11) is 0. The Bertz CT molecular complexity index is 33.2. The summed E-state index contributed by atoms with van der Waals surface area (Å²) in [5.41, 5.74) is 4.91. The summed E-state index contributed by atoms with van der Waals surface area (Å²) in [6.07, 6.45) is -0.249. The molecule has 5 N–H and O–H groups in total. The van der Waals surface area contributed by atoms with Crippen LogP contribution in [-0.4, -0.2) is 12.7 Å². The Morgan fingerprint density at radius 1 is 1.62 bits per heavy atom. The quantitative estimate of drug-likeness (QED) is 0.613. The van der Waals surface area contributed by atoms with E-state index in [9.17, 15) is 4.39 Å². The second-order valence-corrected chi connectivity index (χ2v) is 1.24. The maximum atomic E-state index is 11.7. The molecule has 1 atom stereocenters. The highest BCUT2D eigenvalue weighted by Crippen LogP contribution is 1.90. The SMILES string of the molecule is CCC(F)CN.Cl.N. The van der Waals surface area contributed by atoms with Gasteiger partial charge >= 0.3 is 0 Å². The highest BCUT2D eigenvalue weighted by atomic mass is 35.5. The van der Waals surface area contributed by atoms with Crippen LogP contribution in [0.5, 0.6) is 0 Å². The Morgan fingerprint density at radius 2 is 2.00 bits per heavy atom. The van der Waals surface area contributed by atoms with E-state index in [1.165, 1.54) is 0 Å². The van der Waals surface area contributed by atoms with E-state index in [1.807, 2.05) is 0 Å². The molecule has 0 bridgehead atoms. The van der Waals surface area contributed by atoms with Crippen LogP contribution in [0.25, 0.3) is 0 Å². The molecule has 4 heteroatoms. The van der Waals surface area contributed by atoms with Crippen molar-refractivity contribution in [2.75, 3.05) is 6.54 Å². The predicted octanol–water partition coefficient (Wildman–Crippen LogP) is 1.28. The van der Waals surface area contributed by atoms with Crippen molar-refractivity contribution in [2.24, 2.45) is 5.73 Å². The van der Waals surface area contributed by atoms with E-state index >= 15 is 0 Å². The van der Waals surface area contributed by atoms with Gasteiger partial charge in [0.2, 0.25) is 0 Å². The second kappa shape index (κ2) is 10.2. The first-order valence-corrected chi connectivity index (χ1v) is 2.15. The highest BCUT2D eigenvalue weighted by molar-refractivity contribution is 5.85. The van der Waals surface area contributed by atoms with Gasteiger partial charge in [-0.05, 0) is 6.42 Å². The van der Waals surface area contributed by atoms with Crippen LogP contribution in [0.15, 0.2) is 0 Å². The van der Waals surface area contributed by atoms with Crippen LogP contribution in [-0.2, 0) is 0 Å². The standard InChI is InChI=1S/C4H10FN.ClH.H3N/c1-2-4(5)3-6;;/h4H,2-3,6H2,1H3;1H;1H3. The van der Waals surface area contributed by atoms with Crippen molar-refractivity contribution in [1.82, 2.24) is 6.15 Å². The molecule has 0 aliphatic carbocycles. The minimum absolute atomic E-state index is 0. The molecule has 0 spiro atoms. The van der Waals surface area contributed by atoms with Gasteiger partial charge in [0.15, 0.2) is 0 Å². The molecule has 2 nitrogen and oxygen atoms in total. The van der Waals surface area contributed by atoms with Gasteiger partial charge in [0.1, 0.15) is 6.17 Å². The summed E-state index contributed by atoms with van der Waals surface area (Å²) in [4.78, 5) is 0. The average molecular weight is 145 g/mol. The molecule has 1 unspecified atom stereocenters. The molecule has 0 heterocycles. The van der Waals surface area contributed by atoms with Gasteiger partial charge in [0.05, 0.1) is 0 Å². The van der Waals surface area contributed by atoms with Gasteiger partial charge in [0, 0.05) is 6.54 Å². The van der Waals surface area contributed by atoms with E-state index in [1.54, 1.807) is 6.92 Å². The summed E-state index contributed by atoms with van der Waals surface area (Å²) >= 11 is 0. The molecule has 8 heavy (non-hydrogen) atoms. The zero-order valence-corrected chi connectivity index (χ0v) is 5.88. The maximum absolute atomic E-state index is 11.7. The lowest BCUT2D eigenvalue weighted by Gasteiger charge is -1.94.